The molecule has 0 fully saturated rings. The Bertz CT molecular complexity index is 824. The summed E-state index contributed by atoms with van der Waals surface area (Å²) < 4.78 is 41.2. The summed E-state index contributed by atoms with van der Waals surface area (Å²) in [4.78, 5) is 0. The Morgan fingerprint density at radius 1 is 0.609 bits per heavy atom. The first-order valence-electron chi connectivity index (χ1n) is 7.02. The van der Waals surface area contributed by atoms with E-state index < -0.39 is 11.7 Å². The van der Waals surface area contributed by atoms with Crippen LogP contribution in [-0.4, -0.2) is 5.11 Å². The summed E-state index contributed by atoms with van der Waals surface area (Å²) in [6.07, 6.45) is -4.54. The van der Waals surface area contributed by atoms with Gasteiger partial charge in [-0.2, -0.15) is 13.2 Å². The molecule has 116 valence electrons. The molecule has 0 saturated carbocycles. The molecule has 3 aromatic carbocycles. The molecule has 0 amide bonds. The van der Waals surface area contributed by atoms with Crippen LogP contribution in [0.15, 0.2) is 72.8 Å². The maximum Gasteiger partial charge on any atom is 0.417 e. The fourth-order valence-electron chi connectivity index (χ4n) is 2.64. The zero-order valence-corrected chi connectivity index (χ0v) is 12.0. The van der Waals surface area contributed by atoms with Gasteiger partial charge in [0.25, 0.3) is 0 Å². The van der Waals surface area contributed by atoms with Crippen LogP contribution in [0.2, 0.25) is 0 Å². The molecule has 3 aromatic rings. The lowest BCUT2D eigenvalue weighted by Crippen LogP contribution is -2.09. The van der Waals surface area contributed by atoms with E-state index in [1.807, 2.05) is 0 Å². The maximum absolute atomic E-state index is 13.7. The molecule has 0 unspecified atom stereocenters. The predicted octanol–water partition coefficient (Wildman–Crippen LogP) is 5.75. The molecule has 3 rings (SSSR count). The van der Waals surface area contributed by atoms with Crippen LogP contribution in [0.4, 0.5) is 13.2 Å². The summed E-state index contributed by atoms with van der Waals surface area (Å²) in [6.45, 7) is 0. The van der Waals surface area contributed by atoms with Crippen LogP contribution in [0.1, 0.15) is 5.56 Å². The quantitative estimate of drug-likeness (QED) is 0.639. The van der Waals surface area contributed by atoms with Gasteiger partial charge < -0.3 is 5.11 Å². The van der Waals surface area contributed by atoms with Crippen molar-refractivity contribution in [3.63, 3.8) is 0 Å². The van der Waals surface area contributed by atoms with Gasteiger partial charge in [0.2, 0.25) is 0 Å². The summed E-state index contributed by atoms with van der Waals surface area (Å²) in [7, 11) is 0. The highest BCUT2D eigenvalue weighted by Gasteiger charge is 2.37. The van der Waals surface area contributed by atoms with Crippen molar-refractivity contribution in [3.8, 4) is 28.0 Å². The first-order valence-corrected chi connectivity index (χ1v) is 7.02. The summed E-state index contributed by atoms with van der Waals surface area (Å²) >= 11 is 0. The Balaban J connectivity index is 2.33. The molecule has 0 aromatic heterocycles. The first-order chi connectivity index (χ1) is 11.0. The fourth-order valence-corrected chi connectivity index (χ4v) is 2.64. The van der Waals surface area contributed by atoms with Gasteiger partial charge in [0.05, 0.1) is 5.56 Å². The smallest absolute Gasteiger partial charge is 0.417 e. The fraction of sp³-hybridized carbons (Fsp3) is 0.0526. The van der Waals surface area contributed by atoms with Gasteiger partial charge in [0, 0.05) is 5.56 Å². The zero-order valence-electron chi connectivity index (χ0n) is 12.0. The number of para-hydroxylation sites is 1. The molecule has 1 nitrogen and oxygen atoms in total. The third-order valence-electron chi connectivity index (χ3n) is 3.63. The van der Waals surface area contributed by atoms with Crippen LogP contribution in [0.3, 0.4) is 0 Å². The maximum atomic E-state index is 13.7. The minimum atomic E-state index is -4.54. The first kappa shape index (κ1) is 15.2. The average Bonchev–Trinajstić information content (AvgIpc) is 2.54. The van der Waals surface area contributed by atoms with Crippen LogP contribution >= 0.6 is 0 Å². The second-order valence-electron chi connectivity index (χ2n) is 5.11. The van der Waals surface area contributed by atoms with E-state index in [9.17, 15) is 18.3 Å². The highest BCUT2D eigenvalue weighted by Crippen LogP contribution is 2.44. The monoisotopic (exact) mass is 314 g/mol. The van der Waals surface area contributed by atoms with Gasteiger partial charge in [-0.05, 0) is 22.8 Å². The van der Waals surface area contributed by atoms with Crippen LogP contribution in [0.5, 0.6) is 5.75 Å². The van der Waals surface area contributed by atoms with Crippen LogP contribution in [-0.2, 0) is 6.18 Å². The Morgan fingerprint density at radius 3 is 1.83 bits per heavy atom. The van der Waals surface area contributed by atoms with Gasteiger partial charge in [-0.1, -0.05) is 66.7 Å². The summed E-state index contributed by atoms with van der Waals surface area (Å²) in [5.41, 5.74) is -0.0294. The normalized spacial score (nSPS) is 11.4. The minimum Gasteiger partial charge on any atom is -0.507 e. The highest BCUT2D eigenvalue weighted by atomic mass is 19.4. The van der Waals surface area contributed by atoms with Crippen LogP contribution in [0, 0.1) is 0 Å². The van der Waals surface area contributed by atoms with E-state index >= 15 is 0 Å². The number of hydrogen-bond acceptors (Lipinski definition) is 1. The molecule has 0 bridgehead atoms. The molecule has 0 heterocycles. The molecule has 0 radical (unpaired) electrons. The molecule has 0 saturated heterocycles. The van der Waals surface area contributed by atoms with Crippen molar-refractivity contribution in [3.05, 3.63) is 78.4 Å². The van der Waals surface area contributed by atoms with E-state index in [4.69, 9.17) is 0 Å². The lowest BCUT2D eigenvalue weighted by Gasteiger charge is -2.18. The lowest BCUT2D eigenvalue weighted by molar-refractivity contribution is -0.136. The Hall–Kier alpha value is -2.75. The predicted molar refractivity (Wildman–Crippen MR) is 84.0 cm³/mol. The van der Waals surface area contributed by atoms with Crippen molar-refractivity contribution in [2.45, 2.75) is 6.18 Å². The average molecular weight is 314 g/mol. The Labute approximate surface area is 131 Å². The SMILES string of the molecule is Oc1ccccc1-c1cccc(-c2ccccc2)c1C(F)(F)F. The molecule has 0 aliphatic heterocycles. The number of halogens is 3. The van der Waals surface area contributed by atoms with E-state index in [0.29, 0.717) is 5.56 Å². The van der Waals surface area contributed by atoms with E-state index in [1.165, 1.54) is 24.3 Å². The minimum absolute atomic E-state index is 0.0306. The van der Waals surface area contributed by atoms with Crippen molar-refractivity contribution in [1.29, 1.82) is 0 Å². The van der Waals surface area contributed by atoms with E-state index in [0.717, 1.165) is 0 Å². The molecule has 1 N–H and O–H groups in total. The third-order valence-corrected chi connectivity index (χ3v) is 3.63. The lowest BCUT2D eigenvalue weighted by atomic mass is 9.91. The zero-order chi connectivity index (χ0) is 16.4. The van der Waals surface area contributed by atoms with Crippen molar-refractivity contribution < 1.29 is 18.3 Å². The van der Waals surface area contributed by atoms with Gasteiger partial charge >= 0.3 is 6.18 Å². The van der Waals surface area contributed by atoms with E-state index in [-0.39, 0.29) is 22.4 Å². The molecule has 23 heavy (non-hydrogen) atoms. The second-order valence-corrected chi connectivity index (χ2v) is 5.11. The highest BCUT2D eigenvalue weighted by molar-refractivity contribution is 5.81. The van der Waals surface area contributed by atoms with Gasteiger partial charge in [0.15, 0.2) is 0 Å². The number of rotatable bonds is 2. The molecule has 4 heteroatoms. The number of benzene rings is 3. The molecular weight excluding hydrogens is 301 g/mol. The van der Waals surface area contributed by atoms with E-state index in [1.54, 1.807) is 48.5 Å². The number of phenols is 1. The summed E-state index contributed by atoms with van der Waals surface area (Å²) in [5, 5.41) is 9.95. The molecule has 0 aliphatic rings. The molecule has 0 aliphatic carbocycles. The standard InChI is InChI=1S/C19H13F3O/c20-19(21,22)18-14(13-7-2-1-3-8-13)10-6-11-16(18)15-9-4-5-12-17(15)23/h1-12,23H. The third kappa shape index (κ3) is 2.93. The number of aromatic hydroxyl groups is 1. The second kappa shape index (κ2) is 5.80. The largest absolute Gasteiger partial charge is 0.507 e. The molecule has 0 spiro atoms. The number of hydrogen-bond donors (Lipinski definition) is 1. The molecular formula is C19H13F3O. The number of phenolic OH excluding ortho intramolecular Hbond substituents is 1. The van der Waals surface area contributed by atoms with Gasteiger partial charge in [0.1, 0.15) is 5.75 Å². The summed E-state index contributed by atoms with van der Waals surface area (Å²) in [6, 6.07) is 18.9. The number of alkyl halides is 3. The van der Waals surface area contributed by atoms with Gasteiger partial charge in [-0.15, -0.1) is 0 Å². The van der Waals surface area contributed by atoms with Gasteiger partial charge in [-0.3, -0.25) is 0 Å². The summed E-state index contributed by atoms with van der Waals surface area (Å²) in [5.74, 6) is -0.178. The van der Waals surface area contributed by atoms with Crippen molar-refractivity contribution >= 4 is 0 Å². The van der Waals surface area contributed by atoms with Gasteiger partial charge in [-0.25, -0.2) is 0 Å². The molecule has 0 atom stereocenters. The van der Waals surface area contributed by atoms with Crippen molar-refractivity contribution in [2.24, 2.45) is 0 Å². The van der Waals surface area contributed by atoms with Crippen molar-refractivity contribution in [2.75, 3.05) is 0 Å². The van der Waals surface area contributed by atoms with Crippen molar-refractivity contribution in [1.82, 2.24) is 0 Å². The van der Waals surface area contributed by atoms with E-state index in [2.05, 4.69) is 0 Å². The Morgan fingerprint density at radius 2 is 1.17 bits per heavy atom. The Kier molecular flexibility index (Phi) is 3.82. The van der Waals surface area contributed by atoms with Crippen LogP contribution in [0.25, 0.3) is 22.3 Å². The van der Waals surface area contributed by atoms with Crippen LogP contribution < -0.4 is 0 Å². The topological polar surface area (TPSA) is 20.2 Å².